The van der Waals surface area contributed by atoms with Crippen LogP contribution in [0.4, 0.5) is 0 Å². The van der Waals surface area contributed by atoms with Crippen LogP contribution in [0.3, 0.4) is 0 Å². The zero-order valence-corrected chi connectivity index (χ0v) is 17.3. The van der Waals surface area contributed by atoms with Gasteiger partial charge in [-0.3, -0.25) is 9.69 Å². The summed E-state index contributed by atoms with van der Waals surface area (Å²) in [5, 5.41) is 7.53. The Hall–Kier alpha value is -3.12. The smallest absolute Gasteiger partial charge is 0.275 e. The Labute approximate surface area is 177 Å². The van der Waals surface area contributed by atoms with E-state index in [1.807, 2.05) is 36.4 Å². The summed E-state index contributed by atoms with van der Waals surface area (Å²) >= 11 is 0. The van der Waals surface area contributed by atoms with E-state index >= 15 is 0 Å². The number of nitrogens with one attached hydrogen (secondary N) is 1. The van der Waals surface area contributed by atoms with Crippen molar-refractivity contribution in [3.8, 4) is 11.4 Å². The molecule has 1 N–H and O–H groups in total. The number of aromatic nitrogens is 2. The molecule has 3 aromatic rings. The molecule has 2 aromatic carbocycles. The van der Waals surface area contributed by atoms with Crippen molar-refractivity contribution >= 4 is 5.91 Å². The standard InChI is InChI=1S/C24H28N4O2/c1-30-22-18-28(21-12-6-3-7-13-21)26-23(22)24(29)25-15-20-11-8-14-27(17-20)16-19-9-4-2-5-10-19/h2-7,9-10,12-13,18,20H,8,11,14-17H2,1H3,(H,25,29). The highest BCUT2D eigenvalue weighted by Gasteiger charge is 2.23. The molecule has 1 aromatic heterocycles. The van der Waals surface area contributed by atoms with Gasteiger partial charge in [-0.2, -0.15) is 5.10 Å². The van der Waals surface area contributed by atoms with Gasteiger partial charge in [0.15, 0.2) is 11.4 Å². The molecule has 0 bridgehead atoms. The second-order valence-electron chi connectivity index (χ2n) is 7.77. The fourth-order valence-electron chi connectivity index (χ4n) is 4.00. The summed E-state index contributed by atoms with van der Waals surface area (Å²) in [6, 6.07) is 20.3. The molecule has 0 radical (unpaired) electrons. The number of carbonyl (C=O) groups is 1. The summed E-state index contributed by atoms with van der Waals surface area (Å²) in [6.07, 6.45) is 4.02. The zero-order chi connectivity index (χ0) is 20.8. The van der Waals surface area contributed by atoms with Crippen LogP contribution < -0.4 is 10.1 Å². The Balaban J connectivity index is 1.35. The van der Waals surface area contributed by atoms with E-state index in [1.54, 1.807) is 18.0 Å². The van der Waals surface area contributed by atoms with Crippen molar-refractivity contribution in [1.82, 2.24) is 20.0 Å². The van der Waals surface area contributed by atoms with Crippen LogP contribution in [0.25, 0.3) is 5.69 Å². The predicted octanol–water partition coefficient (Wildman–Crippen LogP) is 3.52. The summed E-state index contributed by atoms with van der Waals surface area (Å²) in [5.41, 5.74) is 2.54. The summed E-state index contributed by atoms with van der Waals surface area (Å²) in [7, 11) is 1.56. The largest absolute Gasteiger partial charge is 0.493 e. The monoisotopic (exact) mass is 404 g/mol. The van der Waals surface area contributed by atoms with Crippen molar-refractivity contribution < 1.29 is 9.53 Å². The van der Waals surface area contributed by atoms with Gasteiger partial charge in [-0.15, -0.1) is 0 Å². The highest BCUT2D eigenvalue weighted by Crippen LogP contribution is 2.21. The van der Waals surface area contributed by atoms with E-state index in [-0.39, 0.29) is 5.91 Å². The first-order valence-electron chi connectivity index (χ1n) is 10.5. The quantitative estimate of drug-likeness (QED) is 0.655. The molecule has 156 valence electrons. The van der Waals surface area contributed by atoms with Crippen LogP contribution >= 0.6 is 0 Å². The van der Waals surface area contributed by atoms with E-state index in [2.05, 4.69) is 39.6 Å². The van der Waals surface area contributed by atoms with Crippen molar-refractivity contribution in [3.63, 3.8) is 0 Å². The van der Waals surface area contributed by atoms with Gasteiger partial charge in [0.25, 0.3) is 5.91 Å². The first-order valence-corrected chi connectivity index (χ1v) is 10.5. The Kier molecular flexibility index (Phi) is 6.44. The van der Waals surface area contributed by atoms with Crippen LogP contribution in [-0.4, -0.2) is 47.3 Å². The Morgan fingerprint density at radius 1 is 1.13 bits per heavy atom. The third-order valence-electron chi connectivity index (χ3n) is 5.54. The molecule has 4 rings (SSSR count). The van der Waals surface area contributed by atoms with E-state index < -0.39 is 0 Å². The lowest BCUT2D eigenvalue weighted by Gasteiger charge is -2.32. The first kappa shape index (κ1) is 20.2. The van der Waals surface area contributed by atoms with Crippen LogP contribution in [0.1, 0.15) is 28.9 Å². The van der Waals surface area contributed by atoms with Gasteiger partial charge in [0.05, 0.1) is 19.0 Å². The number of hydrogen-bond acceptors (Lipinski definition) is 4. The molecule has 1 saturated heterocycles. The molecule has 6 heteroatoms. The fraction of sp³-hybridized carbons (Fsp3) is 0.333. The van der Waals surface area contributed by atoms with Gasteiger partial charge in [-0.1, -0.05) is 48.5 Å². The highest BCUT2D eigenvalue weighted by molar-refractivity contribution is 5.94. The summed E-state index contributed by atoms with van der Waals surface area (Å²) < 4.78 is 7.07. The third-order valence-corrected chi connectivity index (χ3v) is 5.54. The SMILES string of the molecule is COc1cn(-c2ccccc2)nc1C(=O)NCC1CCCN(Cc2ccccc2)C1. The molecular formula is C24H28N4O2. The second kappa shape index (κ2) is 9.59. The summed E-state index contributed by atoms with van der Waals surface area (Å²) in [6.45, 7) is 3.70. The summed E-state index contributed by atoms with van der Waals surface area (Å²) in [5.74, 6) is 0.723. The molecule has 30 heavy (non-hydrogen) atoms. The minimum atomic E-state index is -0.193. The number of piperidine rings is 1. The van der Waals surface area contributed by atoms with E-state index in [4.69, 9.17) is 4.74 Å². The molecule has 2 heterocycles. The Morgan fingerprint density at radius 3 is 2.60 bits per heavy atom. The van der Waals surface area contributed by atoms with Gasteiger partial charge >= 0.3 is 0 Å². The first-order chi connectivity index (χ1) is 14.7. The van der Waals surface area contributed by atoms with Crippen molar-refractivity contribution in [2.45, 2.75) is 19.4 Å². The van der Waals surface area contributed by atoms with Crippen LogP contribution in [0.5, 0.6) is 5.75 Å². The normalized spacial score (nSPS) is 16.9. The lowest BCUT2D eigenvalue weighted by molar-refractivity contribution is 0.0922. The number of benzene rings is 2. The minimum absolute atomic E-state index is 0.193. The number of nitrogens with zero attached hydrogens (tertiary/aromatic N) is 3. The summed E-state index contributed by atoms with van der Waals surface area (Å²) in [4.78, 5) is 15.3. The van der Waals surface area contributed by atoms with Crippen molar-refractivity contribution in [2.24, 2.45) is 5.92 Å². The van der Waals surface area contributed by atoms with Crippen LogP contribution in [0.15, 0.2) is 66.9 Å². The average molecular weight is 405 g/mol. The number of amides is 1. The van der Waals surface area contributed by atoms with E-state index in [0.717, 1.165) is 38.2 Å². The van der Waals surface area contributed by atoms with Gasteiger partial charge in [-0.05, 0) is 43.0 Å². The molecular weight excluding hydrogens is 376 g/mol. The Bertz CT molecular complexity index is 956. The van der Waals surface area contributed by atoms with Gasteiger partial charge in [0, 0.05) is 19.6 Å². The van der Waals surface area contributed by atoms with Crippen LogP contribution in [0.2, 0.25) is 0 Å². The lowest BCUT2D eigenvalue weighted by atomic mass is 9.97. The molecule has 1 atom stereocenters. The number of methoxy groups -OCH3 is 1. The Morgan fingerprint density at radius 2 is 1.87 bits per heavy atom. The lowest BCUT2D eigenvalue weighted by Crippen LogP contribution is -2.40. The number of rotatable bonds is 7. The number of hydrogen-bond donors (Lipinski definition) is 1. The highest BCUT2D eigenvalue weighted by atomic mass is 16.5. The maximum Gasteiger partial charge on any atom is 0.275 e. The third kappa shape index (κ3) is 4.89. The van der Waals surface area contributed by atoms with E-state index in [9.17, 15) is 4.79 Å². The maximum atomic E-state index is 12.8. The maximum absolute atomic E-state index is 12.8. The topological polar surface area (TPSA) is 59.4 Å². The molecule has 1 fully saturated rings. The number of ether oxygens (including phenoxy) is 1. The fourth-order valence-corrected chi connectivity index (χ4v) is 4.00. The number of para-hydroxylation sites is 1. The molecule has 1 aliphatic rings. The minimum Gasteiger partial charge on any atom is -0.493 e. The molecule has 1 aliphatic heterocycles. The predicted molar refractivity (Wildman–Crippen MR) is 117 cm³/mol. The molecule has 0 aliphatic carbocycles. The molecule has 0 spiro atoms. The number of likely N-dealkylation sites (tertiary alicyclic amines) is 1. The van der Waals surface area contributed by atoms with Crippen molar-refractivity contribution in [2.75, 3.05) is 26.7 Å². The molecule has 1 unspecified atom stereocenters. The van der Waals surface area contributed by atoms with Crippen LogP contribution in [0, 0.1) is 5.92 Å². The van der Waals surface area contributed by atoms with E-state index in [0.29, 0.717) is 23.9 Å². The zero-order valence-electron chi connectivity index (χ0n) is 17.3. The van der Waals surface area contributed by atoms with Gasteiger partial charge in [-0.25, -0.2) is 4.68 Å². The molecule has 0 saturated carbocycles. The molecule has 6 nitrogen and oxygen atoms in total. The average Bonchev–Trinajstić information content (AvgIpc) is 3.24. The van der Waals surface area contributed by atoms with Crippen molar-refractivity contribution in [3.05, 3.63) is 78.1 Å². The van der Waals surface area contributed by atoms with Crippen LogP contribution in [-0.2, 0) is 6.54 Å². The second-order valence-corrected chi connectivity index (χ2v) is 7.77. The van der Waals surface area contributed by atoms with Crippen molar-refractivity contribution in [1.29, 1.82) is 0 Å². The van der Waals surface area contributed by atoms with Gasteiger partial charge in [0.2, 0.25) is 0 Å². The molecule has 1 amide bonds. The van der Waals surface area contributed by atoms with Gasteiger partial charge in [0.1, 0.15) is 0 Å². The van der Waals surface area contributed by atoms with Gasteiger partial charge < -0.3 is 10.1 Å². The number of carbonyl (C=O) groups excluding carboxylic acids is 1. The van der Waals surface area contributed by atoms with E-state index in [1.165, 1.54) is 5.56 Å².